The Hall–Kier alpha value is -2.24. The van der Waals surface area contributed by atoms with E-state index in [0.717, 1.165) is 0 Å². The monoisotopic (exact) mass is 280 g/mol. The van der Waals surface area contributed by atoms with Crippen LogP contribution in [0.2, 0.25) is 0 Å². The summed E-state index contributed by atoms with van der Waals surface area (Å²) in [7, 11) is 4.78. The smallest absolute Gasteiger partial charge is 0.323 e. The zero-order chi connectivity index (χ0) is 15.3. The third-order valence-electron chi connectivity index (χ3n) is 3.02. The van der Waals surface area contributed by atoms with E-state index in [0.29, 0.717) is 11.4 Å². The van der Waals surface area contributed by atoms with Crippen molar-refractivity contribution in [1.29, 1.82) is 0 Å². The Kier molecular flexibility index (Phi) is 5.37. The molecule has 0 saturated heterocycles. The van der Waals surface area contributed by atoms with E-state index in [1.54, 1.807) is 52.4 Å². The van der Waals surface area contributed by atoms with Gasteiger partial charge in [0.2, 0.25) is 0 Å². The van der Waals surface area contributed by atoms with Gasteiger partial charge in [-0.05, 0) is 12.1 Å². The molecule has 0 radical (unpaired) electrons. The van der Waals surface area contributed by atoms with Crippen LogP contribution in [0.25, 0.3) is 0 Å². The van der Waals surface area contributed by atoms with Crippen molar-refractivity contribution < 1.29 is 19.4 Å². The van der Waals surface area contributed by atoms with Crippen LogP contribution >= 0.6 is 0 Å². The fourth-order valence-electron chi connectivity index (χ4n) is 1.75. The molecule has 0 aliphatic heterocycles. The van der Waals surface area contributed by atoms with Gasteiger partial charge in [-0.1, -0.05) is 13.0 Å². The predicted molar refractivity (Wildman–Crippen MR) is 76.2 cm³/mol. The minimum Gasteiger partial charge on any atom is -0.497 e. The summed E-state index contributed by atoms with van der Waals surface area (Å²) in [5.41, 5.74) is 0.684. The van der Waals surface area contributed by atoms with Crippen LogP contribution in [0.3, 0.4) is 0 Å². The number of carboxylic acid groups (broad SMARTS) is 1. The molecular weight excluding hydrogens is 260 g/mol. The number of carbonyl (C=O) groups is 2. The van der Waals surface area contributed by atoms with Crippen molar-refractivity contribution in [2.45, 2.75) is 6.92 Å². The molecule has 0 bridgehead atoms. The van der Waals surface area contributed by atoms with Crippen LogP contribution in [0.1, 0.15) is 6.92 Å². The maximum atomic E-state index is 12.2. The summed E-state index contributed by atoms with van der Waals surface area (Å²) in [5, 5.41) is 8.87. The predicted octanol–water partition coefficient (Wildman–Crippen LogP) is 1.90. The highest BCUT2D eigenvalue weighted by molar-refractivity contribution is 5.91. The molecule has 0 aliphatic rings. The molecule has 1 N–H and O–H groups in total. The molecule has 110 valence electrons. The van der Waals surface area contributed by atoms with Gasteiger partial charge in [0.05, 0.1) is 13.0 Å². The van der Waals surface area contributed by atoms with Gasteiger partial charge in [-0.15, -0.1) is 0 Å². The number of aliphatic carboxylic acids is 1. The normalized spacial score (nSPS) is 11.6. The van der Waals surface area contributed by atoms with Crippen LogP contribution in [-0.2, 0) is 4.79 Å². The van der Waals surface area contributed by atoms with Crippen LogP contribution in [0.4, 0.5) is 10.5 Å². The third-order valence-corrected chi connectivity index (χ3v) is 3.02. The van der Waals surface area contributed by atoms with E-state index in [1.807, 2.05) is 0 Å². The van der Waals surface area contributed by atoms with Crippen molar-refractivity contribution in [3.05, 3.63) is 24.3 Å². The average molecular weight is 280 g/mol. The summed E-state index contributed by atoms with van der Waals surface area (Å²) in [6.45, 7) is 1.72. The molecule has 6 nitrogen and oxygen atoms in total. The molecule has 0 fully saturated rings. The van der Waals surface area contributed by atoms with Gasteiger partial charge >= 0.3 is 12.0 Å². The molecule has 1 rings (SSSR count). The van der Waals surface area contributed by atoms with Crippen molar-refractivity contribution >= 4 is 17.7 Å². The number of amides is 2. The molecule has 2 amide bonds. The number of carboxylic acids is 1. The summed E-state index contributed by atoms with van der Waals surface area (Å²) in [6, 6.07) is 6.84. The topological polar surface area (TPSA) is 70.1 Å². The van der Waals surface area contributed by atoms with Crippen molar-refractivity contribution in [3.63, 3.8) is 0 Å². The van der Waals surface area contributed by atoms with E-state index >= 15 is 0 Å². The van der Waals surface area contributed by atoms with Crippen molar-refractivity contribution in [3.8, 4) is 5.75 Å². The molecule has 1 unspecified atom stereocenters. The van der Waals surface area contributed by atoms with Crippen LogP contribution in [0, 0.1) is 5.92 Å². The van der Waals surface area contributed by atoms with Crippen LogP contribution in [-0.4, -0.2) is 49.8 Å². The second-order valence-corrected chi connectivity index (χ2v) is 4.66. The van der Waals surface area contributed by atoms with E-state index in [1.165, 1.54) is 9.80 Å². The van der Waals surface area contributed by atoms with Gasteiger partial charge in [0, 0.05) is 32.4 Å². The van der Waals surface area contributed by atoms with Gasteiger partial charge in [0.15, 0.2) is 0 Å². The zero-order valence-electron chi connectivity index (χ0n) is 12.2. The van der Waals surface area contributed by atoms with E-state index in [2.05, 4.69) is 0 Å². The number of hydrogen-bond donors (Lipinski definition) is 1. The first-order valence-electron chi connectivity index (χ1n) is 6.22. The average Bonchev–Trinajstić information content (AvgIpc) is 2.45. The van der Waals surface area contributed by atoms with Gasteiger partial charge in [-0.3, -0.25) is 9.69 Å². The fraction of sp³-hybridized carbons (Fsp3) is 0.429. The second-order valence-electron chi connectivity index (χ2n) is 4.66. The molecule has 20 heavy (non-hydrogen) atoms. The molecule has 1 aromatic carbocycles. The SMILES string of the molecule is COc1cccc(N(C)C(=O)N(C)CC(C)C(=O)O)c1. The number of ether oxygens (including phenoxy) is 1. The Morgan fingerprint density at radius 3 is 2.55 bits per heavy atom. The Labute approximate surface area is 118 Å². The van der Waals surface area contributed by atoms with Crippen molar-refractivity contribution in [2.75, 3.05) is 32.6 Å². The molecule has 6 heteroatoms. The third kappa shape index (κ3) is 3.88. The summed E-state index contributed by atoms with van der Waals surface area (Å²) >= 11 is 0. The van der Waals surface area contributed by atoms with Crippen molar-refractivity contribution in [1.82, 2.24) is 4.90 Å². The highest BCUT2D eigenvalue weighted by atomic mass is 16.5. The number of hydrogen-bond acceptors (Lipinski definition) is 3. The largest absolute Gasteiger partial charge is 0.497 e. The maximum Gasteiger partial charge on any atom is 0.323 e. The van der Waals surface area contributed by atoms with Gasteiger partial charge < -0.3 is 14.7 Å². The zero-order valence-corrected chi connectivity index (χ0v) is 12.2. The number of rotatable bonds is 5. The first-order valence-corrected chi connectivity index (χ1v) is 6.22. The summed E-state index contributed by atoms with van der Waals surface area (Å²) in [4.78, 5) is 25.9. The minimum atomic E-state index is -0.923. The number of methoxy groups -OCH3 is 1. The molecule has 0 aromatic heterocycles. The van der Waals surface area contributed by atoms with E-state index in [-0.39, 0.29) is 12.6 Å². The Bertz CT molecular complexity index is 490. The number of nitrogens with zero attached hydrogens (tertiary/aromatic N) is 2. The standard InChI is InChI=1S/C14H20N2O4/c1-10(13(17)18)9-15(2)14(19)16(3)11-6-5-7-12(8-11)20-4/h5-8,10H,9H2,1-4H3,(H,17,18). The molecule has 1 aromatic rings. The number of anilines is 1. The highest BCUT2D eigenvalue weighted by Crippen LogP contribution is 2.20. The lowest BCUT2D eigenvalue weighted by molar-refractivity contribution is -0.141. The van der Waals surface area contributed by atoms with Crippen LogP contribution < -0.4 is 9.64 Å². The summed E-state index contributed by atoms with van der Waals surface area (Å²) < 4.78 is 5.11. The molecule has 0 saturated carbocycles. The highest BCUT2D eigenvalue weighted by Gasteiger charge is 2.20. The fourth-order valence-corrected chi connectivity index (χ4v) is 1.75. The first kappa shape index (κ1) is 15.8. The Morgan fingerprint density at radius 1 is 1.35 bits per heavy atom. The number of benzene rings is 1. The molecule has 0 spiro atoms. The Morgan fingerprint density at radius 2 is 2.00 bits per heavy atom. The quantitative estimate of drug-likeness (QED) is 0.894. The summed E-state index contributed by atoms with van der Waals surface area (Å²) in [5.74, 6) is -0.875. The number of urea groups is 1. The second kappa shape index (κ2) is 6.79. The molecule has 1 atom stereocenters. The van der Waals surface area contributed by atoms with E-state index in [9.17, 15) is 9.59 Å². The van der Waals surface area contributed by atoms with Gasteiger partial charge in [-0.25, -0.2) is 4.79 Å². The minimum absolute atomic E-state index is 0.155. The molecular formula is C14H20N2O4. The molecule has 0 aliphatic carbocycles. The van der Waals surface area contributed by atoms with Crippen LogP contribution in [0.15, 0.2) is 24.3 Å². The van der Waals surface area contributed by atoms with Crippen molar-refractivity contribution in [2.24, 2.45) is 5.92 Å². The lowest BCUT2D eigenvalue weighted by atomic mass is 10.2. The van der Waals surface area contributed by atoms with Gasteiger partial charge in [0.1, 0.15) is 5.75 Å². The van der Waals surface area contributed by atoms with E-state index in [4.69, 9.17) is 9.84 Å². The van der Waals surface area contributed by atoms with Crippen LogP contribution in [0.5, 0.6) is 5.75 Å². The van der Waals surface area contributed by atoms with Gasteiger partial charge in [0.25, 0.3) is 0 Å². The first-order chi connectivity index (χ1) is 9.36. The van der Waals surface area contributed by atoms with Gasteiger partial charge in [-0.2, -0.15) is 0 Å². The maximum absolute atomic E-state index is 12.2. The summed E-state index contributed by atoms with van der Waals surface area (Å²) in [6.07, 6.45) is 0. The lowest BCUT2D eigenvalue weighted by Gasteiger charge is -2.26. The molecule has 0 heterocycles. The van der Waals surface area contributed by atoms with E-state index < -0.39 is 11.9 Å². The lowest BCUT2D eigenvalue weighted by Crippen LogP contribution is -2.41. The Balaban J connectivity index is 2.77. The number of carbonyl (C=O) groups excluding carboxylic acids is 1.